The van der Waals surface area contributed by atoms with Crippen LogP contribution in [0.5, 0.6) is 0 Å². The number of likely N-dealkylation sites (tertiary alicyclic amines) is 1. The van der Waals surface area contributed by atoms with E-state index in [1.165, 1.54) is 4.90 Å². The fraction of sp³-hybridized carbons (Fsp3) is 0.360. The van der Waals surface area contributed by atoms with Crippen molar-refractivity contribution in [2.45, 2.75) is 51.5 Å². The van der Waals surface area contributed by atoms with E-state index < -0.39 is 20.3 Å². The van der Waals surface area contributed by atoms with Gasteiger partial charge in [-0.1, -0.05) is 92.1 Å². The fourth-order valence-electron chi connectivity index (χ4n) is 3.37. The number of nitrogens with zero attached hydrogens (tertiary/aromatic N) is 1. The third-order valence-corrected chi connectivity index (χ3v) is 6.21. The SMILES string of the molecule is C[Si](C)(C)/C=C\CCN1C(=O)[C@H](OCc2ccccc2)[C@@H](OCc2ccccc2)C1=O. The zero-order chi connectivity index (χ0) is 22.3. The molecule has 1 aliphatic heterocycles. The summed E-state index contributed by atoms with van der Waals surface area (Å²) in [5.41, 5.74) is 4.12. The van der Waals surface area contributed by atoms with Crippen molar-refractivity contribution >= 4 is 19.9 Å². The predicted molar refractivity (Wildman–Crippen MR) is 124 cm³/mol. The molecule has 0 unspecified atom stereocenters. The molecule has 0 N–H and O–H groups in total. The van der Waals surface area contributed by atoms with Gasteiger partial charge in [-0.05, 0) is 17.5 Å². The van der Waals surface area contributed by atoms with Crippen molar-refractivity contribution in [3.8, 4) is 0 Å². The molecule has 2 atom stereocenters. The third-order valence-electron chi connectivity index (χ3n) is 4.98. The molecule has 2 aromatic rings. The molecule has 1 aliphatic rings. The lowest BCUT2D eigenvalue weighted by molar-refractivity contribution is -0.142. The Balaban J connectivity index is 1.69. The van der Waals surface area contributed by atoms with Gasteiger partial charge >= 0.3 is 0 Å². The molecule has 2 aromatic carbocycles. The van der Waals surface area contributed by atoms with Crippen LogP contribution in [0.1, 0.15) is 17.5 Å². The van der Waals surface area contributed by atoms with E-state index in [1.54, 1.807) is 0 Å². The van der Waals surface area contributed by atoms with Gasteiger partial charge in [0.1, 0.15) is 0 Å². The van der Waals surface area contributed by atoms with E-state index >= 15 is 0 Å². The van der Waals surface area contributed by atoms with Crippen LogP contribution in [0.2, 0.25) is 19.6 Å². The van der Waals surface area contributed by atoms with Crippen LogP contribution in [0.15, 0.2) is 72.4 Å². The molecule has 2 amide bonds. The summed E-state index contributed by atoms with van der Waals surface area (Å²) >= 11 is 0. The zero-order valence-corrected chi connectivity index (χ0v) is 19.5. The molecule has 1 saturated heterocycles. The largest absolute Gasteiger partial charge is 0.360 e. The monoisotopic (exact) mass is 437 g/mol. The summed E-state index contributed by atoms with van der Waals surface area (Å²) in [6, 6.07) is 19.2. The Bertz CT molecular complexity index is 831. The second-order valence-corrected chi connectivity index (χ2v) is 13.9. The number of rotatable bonds is 10. The molecule has 0 radical (unpaired) electrons. The Labute approximate surface area is 185 Å². The molecule has 1 fully saturated rings. The van der Waals surface area contributed by atoms with E-state index in [2.05, 4.69) is 31.4 Å². The summed E-state index contributed by atoms with van der Waals surface area (Å²) in [4.78, 5) is 27.4. The molecule has 164 valence electrons. The number of hydrogen-bond donors (Lipinski definition) is 0. The highest BCUT2D eigenvalue weighted by Gasteiger charge is 2.49. The van der Waals surface area contributed by atoms with E-state index in [0.717, 1.165) is 11.1 Å². The van der Waals surface area contributed by atoms with Crippen LogP contribution < -0.4 is 0 Å². The molecular formula is C25H31NO4Si. The Morgan fingerprint density at radius 3 is 1.68 bits per heavy atom. The Morgan fingerprint density at radius 2 is 1.26 bits per heavy atom. The zero-order valence-electron chi connectivity index (χ0n) is 18.5. The Kier molecular flexibility index (Phi) is 7.95. The van der Waals surface area contributed by atoms with Gasteiger partial charge < -0.3 is 9.47 Å². The van der Waals surface area contributed by atoms with E-state index in [1.807, 2.05) is 60.7 Å². The minimum Gasteiger partial charge on any atom is -0.360 e. The molecule has 0 aliphatic carbocycles. The minimum atomic E-state index is -1.31. The number of ether oxygens (including phenoxy) is 2. The van der Waals surface area contributed by atoms with Crippen molar-refractivity contribution < 1.29 is 19.1 Å². The van der Waals surface area contributed by atoms with Gasteiger partial charge in [-0.3, -0.25) is 14.5 Å². The topological polar surface area (TPSA) is 55.8 Å². The summed E-state index contributed by atoms with van der Waals surface area (Å²) in [5, 5.41) is 0. The maximum Gasteiger partial charge on any atom is 0.261 e. The van der Waals surface area contributed by atoms with Gasteiger partial charge in [-0.25, -0.2) is 0 Å². The van der Waals surface area contributed by atoms with Gasteiger partial charge in [0.25, 0.3) is 11.8 Å². The third kappa shape index (κ3) is 6.72. The predicted octanol–water partition coefficient (Wildman–Crippen LogP) is 4.35. The number of amides is 2. The second-order valence-electron chi connectivity index (χ2n) is 8.82. The van der Waals surface area contributed by atoms with Crippen molar-refractivity contribution in [1.29, 1.82) is 0 Å². The molecule has 0 aromatic heterocycles. The van der Waals surface area contributed by atoms with Crippen LogP contribution in [0.3, 0.4) is 0 Å². The fourth-order valence-corrected chi connectivity index (χ4v) is 4.25. The Hall–Kier alpha value is -2.54. The van der Waals surface area contributed by atoms with E-state index in [9.17, 15) is 9.59 Å². The molecule has 31 heavy (non-hydrogen) atoms. The maximum absolute atomic E-state index is 13.0. The first-order valence-corrected chi connectivity index (χ1v) is 14.3. The van der Waals surface area contributed by atoms with Crippen LogP contribution in [-0.4, -0.2) is 43.5 Å². The van der Waals surface area contributed by atoms with Crippen LogP contribution in [-0.2, 0) is 32.3 Å². The molecule has 5 nitrogen and oxygen atoms in total. The lowest BCUT2D eigenvalue weighted by atomic mass is 10.2. The lowest BCUT2D eigenvalue weighted by Crippen LogP contribution is -2.34. The maximum atomic E-state index is 13.0. The number of carbonyl (C=O) groups excluding carboxylic acids is 2. The van der Waals surface area contributed by atoms with Crippen molar-refractivity contribution in [2.24, 2.45) is 0 Å². The van der Waals surface area contributed by atoms with Crippen molar-refractivity contribution in [2.75, 3.05) is 6.54 Å². The summed E-state index contributed by atoms with van der Waals surface area (Å²) in [6.07, 6.45) is 0.846. The first-order valence-electron chi connectivity index (χ1n) is 10.7. The molecule has 3 rings (SSSR count). The number of hydrogen-bond acceptors (Lipinski definition) is 4. The van der Waals surface area contributed by atoms with Crippen LogP contribution in [0.4, 0.5) is 0 Å². The van der Waals surface area contributed by atoms with Gasteiger partial charge in [-0.2, -0.15) is 0 Å². The number of benzene rings is 2. The Morgan fingerprint density at radius 1 is 0.806 bits per heavy atom. The van der Waals surface area contributed by atoms with Crippen LogP contribution in [0, 0.1) is 0 Å². The normalized spacial score (nSPS) is 19.5. The van der Waals surface area contributed by atoms with Gasteiger partial charge in [0.2, 0.25) is 0 Å². The first-order chi connectivity index (χ1) is 14.8. The van der Waals surface area contributed by atoms with Gasteiger partial charge in [-0.15, -0.1) is 0 Å². The lowest BCUT2D eigenvalue weighted by Gasteiger charge is -2.17. The van der Waals surface area contributed by atoms with E-state index in [0.29, 0.717) is 13.0 Å². The van der Waals surface area contributed by atoms with Gasteiger partial charge in [0, 0.05) is 6.54 Å². The minimum absolute atomic E-state index is 0.249. The summed E-state index contributed by atoms with van der Waals surface area (Å²) in [7, 11) is -1.31. The molecule has 0 spiro atoms. The quantitative estimate of drug-likeness (QED) is 0.410. The summed E-state index contributed by atoms with van der Waals surface area (Å²) < 4.78 is 11.8. The molecular weight excluding hydrogens is 406 g/mol. The molecule has 0 saturated carbocycles. The number of carbonyl (C=O) groups is 2. The van der Waals surface area contributed by atoms with Crippen molar-refractivity contribution in [3.63, 3.8) is 0 Å². The smallest absolute Gasteiger partial charge is 0.261 e. The second kappa shape index (κ2) is 10.7. The first kappa shape index (κ1) is 23.1. The molecule has 1 heterocycles. The standard InChI is InChI=1S/C25H31NO4Si/c1-31(2,3)17-11-10-16-26-24(27)22(29-18-20-12-6-4-7-13-20)23(25(26)28)30-19-21-14-8-5-9-15-21/h4-9,11-15,17,22-23H,10,16,18-19H2,1-3H3/b17-11-/t22-,23-/m1/s1. The van der Waals surface area contributed by atoms with Crippen molar-refractivity contribution in [1.82, 2.24) is 4.90 Å². The van der Waals surface area contributed by atoms with Crippen molar-refractivity contribution in [3.05, 3.63) is 83.6 Å². The average Bonchev–Trinajstić information content (AvgIpc) is 2.98. The highest BCUT2D eigenvalue weighted by molar-refractivity contribution is 6.80. The van der Waals surface area contributed by atoms with Crippen LogP contribution in [0.25, 0.3) is 0 Å². The number of imide groups is 1. The van der Waals surface area contributed by atoms with Gasteiger partial charge in [0.05, 0.1) is 21.3 Å². The van der Waals surface area contributed by atoms with E-state index in [-0.39, 0.29) is 25.0 Å². The molecule has 0 bridgehead atoms. The molecule has 6 heteroatoms. The van der Waals surface area contributed by atoms with Crippen LogP contribution >= 0.6 is 0 Å². The summed E-state index contributed by atoms with van der Waals surface area (Å²) in [6.45, 7) is 7.58. The highest BCUT2D eigenvalue weighted by atomic mass is 28.3. The van der Waals surface area contributed by atoms with E-state index in [4.69, 9.17) is 9.47 Å². The summed E-state index contributed by atoms with van der Waals surface area (Å²) in [5.74, 6) is -0.638. The average molecular weight is 438 g/mol. The highest BCUT2D eigenvalue weighted by Crippen LogP contribution is 2.23. The van der Waals surface area contributed by atoms with Gasteiger partial charge in [0.15, 0.2) is 12.2 Å².